The van der Waals surface area contributed by atoms with Gasteiger partial charge in [0.05, 0.1) is 5.56 Å². The van der Waals surface area contributed by atoms with E-state index in [2.05, 4.69) is 5.32 Å². The number of carbonyl (C=O) groups excluding carboxylic acids is 3. The van der Waals surface area contributed by atoms with Gasteiger partial charge >= 0.3 is 0 Å². The van der Waals surface area contributed by atoms with E-state index in [9.17, 15) is 22.8 Å². The van der Waals surface area contributed by atoms with E-state index in [1.54, 1.807) is 43.3 Å². The maximum atomic E-state index is 13.4. The van der Waals surface area contributed by atoms with Crippen molar-refractivity contribution in [3.63, 3.8) is 0 Å². The van der Waals surface area contributed by atoms with E-state index >= 15 is 0 Å². The quantitative estimate of drug-likeness (QED) is 0.559. The highest BCUT2D eigenvalue weighted by molar-refractivity contribution is 7.90. The van der Waals surface area contributed by atoms with Crippen molar-refractivity contribution in [1.82, 2.24) is 14.5 Å². The Hall–Kier alpha value is -2.91. The number of fused-ring (bicyclic) bond motifs is 1. The second-order valence-corrected chi connectivity index (χ2v) is 11.5. The number of hydrogen-bond donors (Lipinski definition) is 1. The van der Waals surface area contributed by atoms with Gasteiger partial charge in [0.25, 0.3) is 15.9 Å². The lowest BCUT2D eigenvalue weighted by Gasteiger charge is -2.31. The molecule has 2 aliphatic rings. The number of amides is 3. The van der Waals surface area contributed by atoms with Gasteiger partial charge in [-0.1, -0.05) is 61.2 Å². The number of carbonyl (C=O) groups is 3. The highest BCUT2D eigenvalue weighted by Gasteiger charge is 2.41. The molecular formula is C26H30ClN3O5S. The fraction of sp³-hybridized carbons (Fsp3) is 0.423. The average Bonchev–Trinajstić information content (AvgIpc) is 3.07. The molecule has 0 radical (unpaired) electrons. The molecule has 1 N–H and O–H groups in total. The van der Waals surface area contributed by atoms with E-state index in [4.69, 9.17) is 11.6 Å². The van der Waals surface area contributed by atoms with E-state index < -0.39 is 27.9 Å². The number of nitrogens with zero attached hydrogens (tertiary/aromatic N) is 2. The first-order valence-corrected chi connectivity index (χ1v) is 14.0. The molecule has 1 atom stereocenters. The smallest absolute Gasteiger partial charge is 0.269 e. The third-order valence-electron chi connectivity index (χ3n) is 6.86. The van der Waals surface area contributed by atoms with Gasteiger partial charge < -0.3 is 10.2 Å². The summed E-state index contributed by atoms with van der Waals surface area (Å²) >= 11 is 6.33. The van der Waals surface area contributed by atoms with Crippen LogP contribution in [0, 0.1) is 0 Å². The van der Waals surface area contributed by atoms with Crippen molar-refractivity contribution in [2.75, 3.05) is 6.54 Å². The summed E-state index contributed by atoms with van der Waals surface area (Å²) in [7, 11) is -4.03. The Morgan fingerprint density at radius 2 is 1.75 bits per heavy atom. The molecule has 1 aliphatic carbocycles. The van der Waals surface area contributed by atoms with E-state index in [1.165, 1.54) is 17.0 Å². The van der Waals surface area contributed by atoms with Crippen molar-refractivity contribution in [3.05, 3.63) is 64.7 Å². The minimum atomic E-state index is -4.03. The van der Waals surface area contributed by atoms with Gasteiger partial charge in [0.2, 0.25) is 11.8 Å². The van der Waals surface area contributed by atoms with Crippen molar-refractivity contribution in [3.8, 4) is 0 Å². The Morgan fingerprint density at radius 1 is 1.08 bits per heavy atom. The Bertz CT molecular complexity index is 1260. The van der Waals surface area contributed by atoms with Crippen LogP contribution in [0.3, 0.4) is 0 Å². The van der Waals surface area contributed by atoms with E-state index in [1.807, 2.05) is 0 Å². The van der Waals surface area contributed by atoms with Gasteiger partial charge in [0.1, 0.15) is 10.9 Å². The minimum Gasteiger partial charge on any atom is -0.352 e. The molecule has 3 amide bonds. The van der Waals surface area contributed by atoms with Crippen LogP contribution in [0.25, 0.3) is 0 Å². The van der Waals surface area contributed by atoms with Crippen molar-refractivity contribution in [2.45, 2.75) is 69.0 Å². The molecule has 0 saturated heterocycles. The molecule has 1 saturated carbocycles. The van der Waals surface area contributed by atoms with Gasteiger partial charge in [-0.15, -0.1) is 0 Å². The summed E-state index contributed by atoms with van der Waals surface area (Å²) in [5.41, 5.74) is 0.764. The van der Waals surface area contributed by atoms with Crippen LogP contribution >= 0.6 is 11.6 Å². The van der Waals surface area contributed by atoms with E-state index in [0.717, 1.165) is 36.4 Å². The van der Waals surface area contributed by atoms with Gasteiger partial charge in [-0.05, 0) is 43.5 Å². The van der Waals surface area contributed by atoms with E-state index in [-0.39, 0.29) is 41.9 Å². The highest BCUT2D eigenvalue weighted by Crippen LogP contribution is 2.30. The number of halogens is 1. The zero-order valence-corrected chi connectivity index (χ0v) is 21.7. The summed E-state index contributed by atoms with van der Waals surface area (Å²) in [6, 6.07) is 12.3. The summed E-state index contributed by atoms with van der Waals surface area (Å²) in [5, 5.41) is 3.52. The standard InChI is InChI=1S/C26H30ClN3O5S/c1-18(25(32)28-20-10-3-2-4-11-20)29(17-19-9-5-7-13-22(19)27)24(31)15-16-30-26(33)21-12-6-8-14-23(21)36(30,34)35/h5-9,12-14,18,20H,2-4,10-11,15-17H2,1H3,(H,28,32)/t18-/m1/s1. The molecular weight excluding hydrogens is 502 g/mol. The van der Waals surface area contributed by atoms with Gasteiger partial charge in [0.15, 0.2) is 0 Å². The summed E-state index contributed by atoms with van der Waals surface area (Å²) in [4.78, 5) is 40.6. The maximum absolute atomic E-state index is 13.4. The first-order chi connectivity index (χ1) is 17.2. The molecule has 1 fully saturated rings. The molecule has 2 aromatic rings. The van der Waals surface area contributed by atoms with E-state index in [0.29, 0.717) is 10.6 Å². The SMILES string of the molecule is C[C@H](C(=O)NC1CCCCC1)N(Cc1ccccc1Cl)C(=O)CCN1C(=O)c2ccccc2S1(=O)=O. The zero-order chi connectivity index (χ0) is 25.9. The van der Waals surface area contributed by atoms with Crippen LogP contribution in [-0.2, 0) is 26.2 Å². The van der Waals surface area contributed by atoms with Crippen LogP contribution in [0.4, 0.5) is 0 Å². The van der Waals surface area contributed by atoms with Crippen LogP contribution in [0.1, 0.15) is 61.4 Å². The Labute approximate surface area is 216 Å². The van der Waals surface area contributed by atoms with Crippen molar-refractivity contribution in [2.24, 2.45) is 0 Å². The molecule has 8 nitrogen and oxygen atoms in total. The molecule has 0 aromatic heterocycles. The normalized spacial score (nSPS) is 17.9. The minimum absolute atomic E-state index is 0.0596. The molecule has 10 heteroatoms. The molecule has 0 unspecified atom stereocenters. The van der Waals surface area contributed by atoms with Crippen LogP contribution < -0.4 is 5.32 Å². The largest absolute Gasteiger partial charge is 0.352 e. The third-order valence-corrected chi connectivity index (χ3v) is 9.07. The number of benzene rings is 2. The monoisotopic (exact) mass is 531 g/mol. The Balaban J connectivity index is 1.51. The summed E-state index contributed by atoms with van der Waals surface area (Å²) < 4.78 is 26.5. The molecule has 2 aromatic carbocycles. The van der Waals surface area contributed by atoms with Gasteiger partial charge in [-0.2, -0.15) is 0 Å². The second kappa shape index (κ2) is 11.0. The third kappa shape index (κ3) is 5.42. The summed E-state index contributed by atoms with van der Waals surface area (Å²) in [5.74, 6) is -1.36. The fourth-order valence-corrected chi connectivity index (χ4v) is 6.52. The van der Waals surface area contributed by atoms with Gasteiger partial charge in [0, 0.05) is 30.6 Å². The lowest BCUT2D eigenvalue weighted by molar-refractivity contribution is -0.141. The summed E-state index contributed by atoms with van der Waals surface area (Å²) in [6.07, 6.45) is 4.83. The van der Waals surface area contributed by atoms with Crippen LogP contribution in [-0.4, -0.2) is 54.0 Å². The maximum Gasteiger partial charge on any atom is 0.269 e. The van der Waals surface area contributed by atoms with Crippen LogP contribution in [0.2, 0.25) is 5.02 Å². The lowest BCUT2D eigenvalue weighted by Crippen LogP contribution is -2.51. The molecule has 0 bridgehead atoms. The van der Waals surface area contributed by atoms with Gasteiger partial charge in [-0.3, -0.25) is 14.4 Å². The van der Waals surface area contributed by atoms with Crippen LogP contribution in [0.5, 0.6) is 0 Å². The number of nitrogens with one attached hydrogen (secondary N) is 1. The second-order valence-electron chi connectivity index (χ2n) is 9.26. The first kappa shape index (κ1) is 26.2. The molecule has 4 rings (SSSR count). The topological polar surface area (TPSA) is 104 Å². The number of sulfonamides is 1. The lowest BCUT2D eigenvalue weighted by atomic mass is 9.95. The highest BCUT2D eigenvalue weighted by atomic mass is 35.5. The van der Waals surface area contributed by atoms with Gasteiger partial charge in [-0.25, -0.2) is 12.7 Å². The fourth-order valence-electron chi connectivity index (χ4n) is 4.75. The van der Waals surface area contributed by atoms with Crippen LogP contribution in [0.15, 0.2) is 53.4 Å². The Morgan fingerprint density at radius 3 is 2.44 bits per heavy atom. The Kier molecular flexibility index (Phi) is 8.00. The molecule has 1 heterocycles. The predicted molar refractivity (Wildman–Crippen MR) is 136 cm³/mol. The molecule has 0 spiro atoms. The predicted octanol–water partition coefficient (Wildman–Crippen LogP) is 3.74. The van der Waals surface area contributed by atoms with Crippen molar-refractivity contribution >= 4 is 39.3 Å². The first-order valence-electron chi connectivity index (χ1n) is 12.2. The average molecular weight is 532 g/mol. The number of hydrogen-bond acceptors (Lipinski definition) is 5. The number of rotatable bonds is 8. The zero-order valence-electron chi connectivity index (χ0n) is 20.2. The molecule has 1 aliphatic heterocycles. The van der Waals surface area contributed by atoms with Crippen molar-refractivity contribution < 1.29 is 22.8 Å². The summed E-state index contributed by atoms with van der Waals surface area (Å²) in [6.45, 7) is 1.42. The van der Waals surface area contributed by atoms with Crippen molar-refractivity contribution in [1.29, 1.82) is 0 Å². The molecule has 192 valence electrons. The molecule has 36 heavy (non-hydrogen) atoms.